The molecule has 3 atom stereocenters. The van der Waals surface area contributed by atoms with Crippen LogP contribution in [0.3, 0.4) is 0 Å². The molecule has 1 aliphatic carbocycles. The first-order chi connectivity index (χ1) is 14.4. The minimum Gasteiger partial charge on any atom is -0.489 e. The first kappa shape index (κ1) is 22.1. The van der Waals surface area contributed by atoms with E-state index in [1.165, 1.54) is 11.8 Å². The van der Waals surface area contributed by atoms with E-state index in [1.807, 2.05) is 0 Å². The van der Waals surface area contributed by atoms with E-state index < -0.39 is 10.0 Å². The van der Waals surface area contributed by atoms with Gasteiger partial charge >= 0.3 is 0 Å². The Hall–Kier alpha value is -1.15. The lowest BCUT2D eigenvalue weighted by molar-refractivity contribution is -0.0335. The summed E-state index contributed by atoms with van der Waals surface area (Å²) in [6, 6.07) is 8.45. The molecule has 30 heavy (non-hydrogen) atoms. The SMILES string of the molecule is CCC1CN2CCCC(NS(C)(=O)=O)C2COC2CCC(CC2)c2ccccc2O1. The van der Waals surface area contributed by atoms with Crippen molar-refractivity contribution < 1.29 is 17.9 Å². The quantitative estimate of drug-likeness (QED) is 0.788. The lowest BCUT2D eigenvalue weighted by Gasteiger charge is -2.43. The van der Waals surface area contributed by atoms with Crippen molar-refractivity contribution in [3.8, 4) is 5.75 Å². The normalized spacial score (nSPS) is 33.3. The maximum absolute atomic E-state index is 12.0. The van der Waals surface area contributed by atoms with Crippen molar-refractivity contribution in [1.29, 1.82) is 0 Å². The van der Waals surface area contributed by atoms with E-state index in [-0.39, 0.29) is 24.3 Å². The molecule has 0 aromatic heterocycles. The molecule has 2 fully saturated rings. The van der Waals surface area contributed by atoms with Gasteiger partial charge in [0.2, 0.25) is 10.0 Å². The molecule has 5 rings (SSSR count). The van der Waals surface area contributed by atoms with Gasteiger partial charge < -0.3 is 9.47 Å². The summed E-state index contributed by atoms with van der Waals surface area (Å²) in [6.07, 6.45) is 8.65. The van der Waals surface area contributed by atoms with Gasteiger partial charge in [0, 0.05) is 18.6 Å². The van der Waals surface area contributed by atoms with Gasteiger partial charge in [0.05, 0.1) is 19.0 Å². The summed E-state index contributed by atoms with van der Waals surface area (Å²) in [7, 11) is -3.26. The van der Waals surface area contributed by atoms with Crippen molar-refractivity contribution in [3.05, 3.63) is 29.8 Å². The molecule has 0 spiro atoms. The Balaban J connectivity index is 1.62. The zero-order chi connectivity index (χ0) is 21.1. The van der Waals surface area contributed by atoms with E-state index in [0.29, 0.717) is 12.5 Å². The van der Waals surface area contributed by atoms with E-state index in [1.54, 1.807) is 0 Å². The number of hydrogen-bond donors (Lipinski definition) is 1. The smallest absolute Gasteiger partial charge is 0.209 e. The molecule has 168 valence electrons. The molecular weight excluding hydrogens is 400 g/mol. The van der Waals surface area contributed by atoms with E-state index in [4.69, 9.17) is 9.47 Å². The van der Waals surface area contributed by atoms with Crippen LogP contribution in [0.4, 0.5) is 0 Å². The standard InChI is InChI=1S/C23H36N2O4S/c1-3-18-15-25-14-6-8-21(24-30(2,26)27)22(25)16-28-19-12-10-17(11-13-19)20-7-4-5-9-23(20)29-18/h4-5,7,9,17-19,21-22,24H,3,6,8,10-16H2,1-2H3. The number of benzene rings is 1. The molecule has 1 saturated heterocycles. The second-order valence-electron chi connectivity index (χ2n) is 9.19. The lowest BCUT2D eigenvalue weighted by atomic mass is 9.82. The molecule has 0 radical (unpaired) electrons. The number of ether oxygens (including phenoxy) is 2. The van der Waals surface area contributed by atoms with Crippen LogP contribution in [-0.2, 0) is 14.8 Å². The van der Waals surface area contributed by atoms with Gasteiger partial charge in [0.15, 0.2) is 0 Å². The summed E-state index contributed by atoms with van der Waals surface area (Å²) in [5.41, 5.74) is 1.33. The molecular formula is C23H36N2O4S. The third-order valence-corrected chi connectivity index (χ3v) is 7.71. The monoisotopic (exact) mass is 436 g/mol. The molecule has 3 aliphatic heterocycles. The lowest BCUT2D eigenvalue weighted by Crippen LogP contribution is -2.59. The van der Waals surface area contributed by atoms with E-state index >= 15 is 0 Å². The van der Waals surface area contributed by atoms with E-state index in [9.17, 15) is 8.42 Å². The maximum atomic E-state index is 12.0. The van der Waals surface area contributed by atoms with E-state index in [0.717, 1.165) is 63.8 Å². The highest BCUT2D eigenvalue weighted by Crippen LogP contribution is 2.39. The molecule has 6 nitrogen and oxygen atoms in total. The van der Waals surface area contributed by atoms with Crippen LogP contribution in [0, 0.1) is 0 Å². The number of hydrogen-bond acceptors (Lipinski definition) is 5. The number of piperidine rings is 1. The Labute approximate surface area is 181 Å². The fourth-order valence-corrected chi connectivity index (χ4v) is 6.20. The van der Waals surface area contributed by atoms with Crippen molar-refractivity contribution >= 4 is 10.0 Å². The average Bonchev–Trinajstić information content (AvgIpc) is 2.74. The van der Waals surface area contributed by atoms with Crippen LogP contribution in [-0.4, -0.2) is 63.6 Å². The van der Waals surface area contributed by atoms with Gasteiger partial charge in [-0.05, 0) is 69.0 Å². The zero-order valence-electron chi connectivity index (χ0n) is 18.3. The maximum Gasteiger partial charge on any atom is 0.209 e. The summed E-state index contributed by atoms with van der Waals surface area (Å²) in [5, 5.41) is 0. The predicted octanol–water partition coefficient (Wildman–Crippen LogP) is 3.28. The van der Waals surface area contributed by atoms with Gasteiger partial charge in [-0.3, -0.25) is 4.90 Å². The molecule has 3 heterocycles. The zero-order valence-corrected chi connectivity index (χ0v) is 19.1. The summed E-state index contributed by atoms with van der Waals surface area (Å²) in [6.45, 7) is 4.48. The van der Waals surface area contributed by atoms with Crippen LogP contribution in [0.5, 0.6) is 5.75 Å². The van der Waals surface area contributed by atoms with Gasteiger partial charge in [-0.15, -0.1) is 0 Å². The summed E-state index contributed by atoms with van der Waals surface area (Å²) >= 11 is 0. The number of sulfonamides is 1. The van der Waals surface area contributed by atoms with Crippen LogP contribution < -0.4 is 9.46 Å². The number of fused-ring (bicyclic) bond motifs is 5. The van der Waals surface area contributed by atoms with Gasteiger partial charge in [-0.2, -0.15) is 0 Å². The summed E-state index contributed by atoms with van der Waals surface area (Å²) < 4.78 is 39.8. The predicted molar refractivity (Wildman–Crippen MR) is 118 cm³/mol. The largest absolute Gasteiger partial charge is 0.489 e. The van der Waals surface area contributed by atoms with Crippen LogP contribution in [0.2, 0.25) is 0 Å². The van der Waals surface area contributed by atoms with Gasteiger partial charge in [-0.1, -0.05) is 25.1 Å². The van der Waals surface area contributed by atoms with Gasteiger partial charge in [0.25, 0.3) is 0 Å². The second kappa shape index (κ2) is 9.55. The minimum atomic E-state index is -3.26. The van der Waals surface area contributed by atoms with Gasteiger partial charge in [0.1, 0.15) is 11.9 Å². The second-order valence-corrected chi connectivity index (χ2v) is 11.0. The van der Waals surface area contributed by atoms with Crippen LogP contribution in [0.25, 0.3) is 0 Å². The first-order valence-electron chi connectivity index (χ1n) is 11.5. The topological polar surface area (TPSA) is 67.9 Å². The fraction of sp³-hybridized carbons (Fsp3) is 0.739. The third-order valence-electron chi connectivity index (χ3n) is 6.98. The van der Waals surface area contributed by atoms with Crippen LogP contribution in [0.15, 0.2) is 24.3 Å². The summed E-state index contributed by atoms with van der Waals surface area (Å²) in [4.78, 5) is 2.40. The molecule has 0 amide bonds. The molecule has 1 N–H and O–H groups in total. The van der Waals surface area contributed by atoms with Crippen molar-refractivity contribution in [1.82, 2.24) is 9.62 Å². The first-order valence-corrected chi connectivity index (χ1v) is 13.4. The van der Waals surface area contributed by atoms with Gasteiger partial charge in [-0.25, -0.2) is 13.1 Å². The highest BCUT2D eigenvalue weighted by Gasteiger charge is 2.36. The van der Waals surface area contributed by atoms with E-state index in [2.05, 4.69) is 40.8 Å². The highest BCUT2D eigenvalue weighted by molar-refractivity contribution is 7.88. The highest BCUT2D eigenvalue weighted by atomic mass is 32.2. The minimum absolute atomic E-state index is 0.0415. The molecule has 1 aromatic carbocycles. The van der Waals surface area contributed by atoms with Crippen LogP contribution in [0.1, 0.15) is 63.4 Å². The average molecular weight is 437 g/mol. The fourth-order valence-electron chi connectivity index (χ4n) is 5.38. The molecule has 1 aromatic rings. The van der Waals surface area contributed by atoms with Crippen LogP contribution >= 0.6 is 0 Å². The third kappa shape index (κ3) is 5.36. The Morgan fingerprint density at radius 3 is 2.63 bits per heavy atom. The molecule has 4 aliphatic rings. The molecule has 3 unspecified atom stereocenters. The van der Waals surface area contributed by atoms with Crippen molar-refractivity contribution in [2.45, 2.75) is 82.1 Å². The summed E-state index contributed by atoms with van der Waals surface area (Å²) in [5.74, 6) is 1.55. The Morgan fingerprint density at radius 2 is 1.90 bits per heavy atom. The van der Waals surface area contributed by atoms with Crippen molar-refractivity contribution in [3.63, 3.8) is 0 Å². The molecule has 1 saturated carbocycles. The van der Waals surface area contributed by atoms with Crippen molar-refractivity contribution in [2.24, 2.45) is 0 Å². The van der Waals surface area contributed by atoms with Crippen molar-refractivity contribution in [2.75, 3.05) is 26.0 Å². The number of para-hydroxylation sites is 1. The Bertz CT molecular complexity index is 807. The molecule has 2 bridgehead atoms. The Kier molecular flexibility index (Phi) is 7.02. The number of nitrogens with zero attached hydrogens (tertiary/aromatic N) is 1. The number of rotatable bonds is 3. The molecule has 7 heteroatoms. The number of nitrogens with one attached hydrogen (secondary N) is 1. The Morgan fingerprint density at radius 1 is 1.13 bits per heavy atom.